The molecule has 210 valence electrons. The zero-order chi connectivity index (χ0) is 28.6. The molecule has 2 heterocycles. The third-order valence-electron chi connectivity index (χ3n) is 7.18. The van der Waals surface area contributed by atoms with Gasteiger partial charge in [0.05, 0.1) is 0 Å². The maximum Gasteiger partial charge on any atom is 0.252 e. The Bertz CT molecular complexity index is 1410. The molecule has 2 aromatic rings. The number of anilines is 1. The van der Waals surface area contributed by atoms with E-state index in [9.17, 15) is 27.6 Å². The van der Waals surface area contributed by atoms with E-state index >= 15 is 0 Å². The number of benzene rings is 2. The lowest BCUT2D eigenvalue weighted by molar-refractivity contribution is -0.134. The molecule has 3 aliphatic rings. The van der Waals surface area contributed by atoms with Gasteiger partial charge in [-0.2, -0.15) is 0 Å². The van der Waals surface area contributed by atoms with Gasteiger partial charge in [0, 0.05) is 59.2 Å². The van der Waals surface area contributed by atoms with Crippen LogP contribution in [0.15, 0.2) is 64.8 Å². The summed E-state index contributed by atoms with van der Waals surface area (Å²) in [6.45, 7) is 0. The molecule has 2 atom stereocenters. The second kappa shape index (κ2) is 11.2. The van der Waals surface area contributed by atoms with Crippen LogP contribution in [-0.2, 0) is 14.4 Å². The molecular formula is C28H25Cl2F3N4O3. The van der Waals surface area contributed by atoms with E-state index in [-0.39, 0.29) is 35.0 Å². The number of likely N-dealkylation sites (tertiary alicyclic amines) is 1. The number of hydrogen-bond acceptors (Lipinski definition) is 4. The fourth-order valence-electron chi connectivity index (χ4n) is 5.26. The lowest BCUT2D eigenvalue weighted by Crippen LogP contribution is -2.56. The van der Waals surface area contributed by atoms with Crippen molar-refractivity contribution in [3.63, 3.8) is 0 Å². The van der Waals surface area contributed by atoms with E-state index in [1.807, 2.05) is 0 Å². The maximum atomic E-state index is 14.5. The summed E-state index contributed by atoms with van der Waals surface area (Å²) in [6, 6.07) is 8.13. The Kier molecular flexibility index (Phi) is 7.92. The van der Waals surface area contributed by atoms with Crippen LogP contribution < -0.4 is 10.2 Å². The van der Waals surface area contributed by atoms with Crippen molar-refractivity contribution in [2.75, 3.05) is 4.90 Å². The molecule has 7 nitrogen and oxygen atoms in total. The highest BCUT2D eigenvalue weighted by Crippen LogP contribution is 2.39. The van der Waals surface area contributed by atoms with Gasteiger partial charge in [-0.05, 0) is 37.1 Å². The van der Waals surface area contributed by atoms with Gasteiger partial charge in [0.15, 0.2) is 0 Å². The molecule has 12 heteroatoms. The molecule has 0 aromatic heterocycles. The van der Waals surface area contributed by atoms with E-state index in [0.29, 0.717) is 23.7 Å². The zero-order valence-corrected chi connectivity index (χ0v) is 22.6. The molecular weight excluding hydrogens is 568 g/mol. The Morgan fingerprint density at radius 1 is 1.07 bits per heavy atom. The number of allylic oxidation sites excluding steroid dienone is 1. The smallest absolute Gasteiger partial charge is 0.252 e. The maximum absolute atomic E-state index is 14.5. The number of halogens is 5. The number of hydrogen-bond donors (Lipinski definition) is 1. The van der Waals surface area contributed by atoms with E-state index < -0.39 is 54.5 Å². The Morgan fingerprint density at radius 2 is 1.82 bits per heavy atom. The van der Waals surface area contributed by atoms with Gasteiger partial charge in [0.25, 0.3) is 11.8 Å². The Balaban J connectivity index is 1.58. The predicted molar refractivity (Wildman–Crippen MR) is 145 cm³/mol. The number of rotatable bonds is 6. The Labute approximate surface area is 238 Å². The summed E-state index contributed by atoms with van der Waals surface area (Å²) in [5, 5.41) is 3.26. The van der Waals surface area contributed by atoms with E-state index in [0.717, 1.165) is 11.0 Å². The zero-order valence-electron chi connectivity index (χ0n) is 21.1. The van der Waals surface area contributed by atoms with Crippen molar-refractivity contribution in [2.45, 2.75) is 62.6 Å². The molecule has 1 saturated carbocycles. The number of nitrogens with one attached hydrogen (secondary N) is 1. The summed E-state index contributed by atoms with van der Waals surface area (Å²) >= 11 is 12.5. The molecule has 0 bridgehead atoms. The minimum absolute atomic E-state index is 0.0387. The molecule has 40 heavy (non-hydrogen) atoms. The van der Waals surface area contributed by atoms with Crippen molar-refractivity contribution in [2.24, 2.45) is 4.99 Å². The molecule has 2 fully saturated rings. The number of carbonyl (C=O) groups excluding carboxylic acids is 3. The van der Waals surface area contributed by atoms with E-state index in [2.05, 4.69) is 10.3 Å². The second-order valence-electron chi connectivity index (χ2n) is 10.0. The topological polar surface area (TPSA) is 82.1 Å². The van der Waals surface area contributed by atoms with Crippen LogP contribution in [0.25, 0.3) is 0 Å². The monoisotopic (exact) mass is 592 g/mol. The van der Waals surface area contributed by atoms with Gasteiger partial charge in [-0.15, -0.1) is 0 Å². The van der Waals surface area contributed by atoms with Crippen LogP contribution in [0.2, 0.25) is 5.02 Å². The summed E-state index contributed by atoms with van der Waals surface area (Å²) in [5.41, 5.74) is 0.253. The van der Waals surface area contributed by atoms with Crippen LogP contribution >= 0.6 is 23.2 Å². The number of nitrogens with zero attached hydrogens (tertiary/aromatic N) is 3. The molecule has 0 radical (unpaired) electrons. The highest BCUT2D eigenvalue weighted by molar-refractivity contribution is 6.32. The first-order valence-electron chi connectivity index (χ1n) is 12.8. The largest absolute Gasteiger partial charge is 0.351 e. The molecule has 2 aliphatic heterocycles. The van der Waals surface area contributed by atoms with Crippen molar-refractivity contribution in [3.05, 3.63) is 76.2 Å². The number of carbonyl (C=O) groups is 3. The lowest BCUT2D eigenvalue weighted by Gasteiger charge is -2.39. The number of amides is 3. The fourth-order valence-corrected chi connectivity index (χ4v) is 5.64. The second-order valence-corrected chi connectivity index (χ2v) is 10.9. The molecule has 1 saturated heterocycles. The van der Waals surface area contributed by atoms with E-state index in [1.165, 1.54) is 41.4 Å². The summed E-state index contributed by atoms with van der Waals surface area (Å²) in [7, 11) is 0. The normalized spacial score (nSPS) is 21.3. The molecule has 0 spiro atoms. The van der Waals surface area contributed by atoms with Gasteiger partial charge in [-0.3, -0.25) is 24.2 Å². The first kappa shape index (κ1) is 28.2. The van der Waals surface area contributed by atoms with Crippen LogP contribution in [0.5, 0.6) is 0 Å². The molecule has 2 aromatic carbocycles. The van der Waals surface area contributed by atoms with Gasteiger partial charge in [-0.25, -0.2) is 18.2 Å². The van der Waals surface area contributed by atoms with Crippen molar-refractivity contribution in [1.82, 2.24) is 10.2 Å². The highest BCUT2D eigenvalue weighted by Gasteiger charge is 2.49. The first-order chi connectivity index (χ1) is 19.0. The molecule has 1 N–H and O–H groups in total. The van der Waals surface area contributed by atoms with Gasteiger partial charge in [-0.1, -0.05) is 47.5 Å². The average molecular weight is 593 g/mol. The van der Waals surface area contributed by atoms with Crippen LogP contribution in [0, 0.1) is 5.82 Å². The van der Waals surface area contributed by atoms with Gasteiger partial charge in [0.2, 0.25) is 11.8 Å². The average Bonchev–Trinajstić information content (AvgIpc) is 3.28. The minimum atomic E-state index is -2.89. The third kappa shape index (κ3) is 5.74. The summed E-state index contributed by atoms with van der Waals surface area (Å²) in [5.74, 6) is -4.94. The summed E-state index contributed by atoms with van der Waals surface area (Å²) in [6.07, 6.45) is 1.30. The third-order valence-corrected chi connectivity index (χ3v) is 7.81. The quantitative estimate of drug-likeness (QED) is 0.465. The molecule has 1 aliphatic carbocycles. The van der Waals surface area contributed by atoms with E-state index in [1.54, 1.807) is 12.1 Å². The highest BCUT2D eigenvalue weighted by atomic mass is 35.5. The van der Waals surface area contributed by atoms with Crippen molar-refractivity contribution < 1.29 is 27.6 Å². The number of amidine groups is 1. The van der Waals surface area contributed by atoms with Crippen molar-refractivity contribution in [3.8, 4) is 0 Å². The molecule has 3 amide bonds. The summed E-state index contributed by atoms with van der Waals surface area (Å²) < 4.78 is 41.6. The van der Waals surface area contributed by atoms with Crippen LogP contribution in [0.3, 0.4) is 0 Å². The fraction of sp³-hybridized carbons (Fsp3) is 0.357. The SMILES string of the molecule is O=C(NC1CC(F)(F)C1)[C@H](c1ccccc1Cl)N(C(=O)[C@@H]1CCC(=O)N1C1=NC=C(Cl)CC1)c1cccc(F)c1. The minimum Gasteiger partial charge on any atom is -0.351 e. The van der Waals surface area contributed by atoms with Crippen LogP contribution in [-0.4, -0.2) is 46.5 Å². The van der Waals surface area contributed by atoms with Crippen molar-refractivity contribution >= 4 is 52.4 Å². The summed E-state index contributed by atoms with van der Waals surface area (Å²) in [4.78, 5) is 47.8. The number of aliphatic imine (C=N–C) groups is 1. The standard InChI is InChI=1S/C28H25Cl2F3N4O3/c29-16-8-10-23(34-15-16)37-22(9-11-24(37)38)27(40)36(19-5-3-4-17(31)12-19)25(20-6-1-2-7-21(20)30)26(39)35-18-13-28(32,33)14-18/h1-7,12,15,18,22,25H,8-11,13-14H2,(H,35,39)/t22-,25-/m0/s1. The van der Waals surface area contributed by atoms with Gasteiger partial charge in [0.1, 0.15) is 23.7 Å². The van der Waals surface area contributed by atoms with Gasteiger partial charge < -0.3 is 5.32 Å². The molecule has 5 rings (SSSR count). The van der Waals surface area contributed by atoms with Crippen LogP contribution in [0.1, 0.15) is 50.1 Å². The van der Waals surface area contributed by atoms with E-state index in [4.69, 9.17) is 23.2 Å². The van der Waals surface area contributed by atoms with Gasteiger partial charge >= 0.3 is 0 Å². The molecule has 0 unspecified atom stereocenters. The first-order valence-corrected chi connectivity index (χ1v) is 13.5. The van der Waals surface area contributed by atoms with Crippen molar-refractivity contribution in [1.29, 1.82) is 0 Å². The van der Waals surface area contributed by atoms with Crippen LogP contribution in [0.4, 0.5) is 18.9 Å². The number of alkyl halides is 2. The predicted octanol–water partition coefficient (Wildman–Crippen LogP) is 5.73. The lowest BCUT2D eigenvalue weighted by atomic mass is 9.87. The Morgan fingerprint density at radius 3 is 2.48 bits per heavy atom. The Hall–Kier alpha value is -3.37.